The molecule has 1 rings (SSSR count). The van der Waals surface area contributed by atoms with E-state index in [0.29, 0.717) is 0 Å². The number of methoxy groups -OCH3 is 2. The summed E-state index contributed by atoms with van der Waals surface area (Å²) in [5.41, 5.74) is 0.752. The molecule has 0 aliphatic rings. The molecule has 0 spiro atoms. The van der Waals surface area contributed by atoms with E-state index in [1.165, 1.54) is 14.2 Å². The zero-order valence-corrected chi connectivity index (χ0v) is 10.6. The van der Waals surface area contributed by atoms with E-state index < -0.39 is 6.29 Å². The lowest BCUT2D eigenvalue weighted by Crippen LogP contribution is -2.31. The number of ether oxygens (including phenoxy) is 2. The van der Waals surface area contributed by atoms with Crippen LogP contribution in [0.4, 0.5) is 5.69 Å². The first-order chi connectivity index (χ1) is 7.19. The Morgan fingerprint density at radius 2 is 1.93 bits per heavy atom. The van der Waals surface area contributed by atoms with E-state index in [1.54, 1.807) is 0 Å². The highest BCUT2D eigenvalue weighted by Gasteiger charge is 2.17. The van der Waals surface area contributed by atoms with Crippen molar-refractivity contribution in [3.63, 3.8) is 0 Å². The van der Waals surface area contributed by atoms with Crippen LogP contribution in [0.2, 0.25) is 0 Å². The summed E-state index contributed by atoms with van der Waals surface area (Å²) >= 11 is 2.14. The van der Waals surface area contributed by atoms with E-state index in [4.69, 9.17) is 9.47 Å². The number of halogens is 1. The molecule has 0 aromatic heterocycles. The molecule has 0 aliphatic heterocycles. The molecule has 0 bridgehead atoms. The molecule has 0 saturated carbocycles. The molecule has 0 fully saturated rings. The van der Waals surface area contributed by atoms with Crippen LogP contribution >= 0.6 is 22.6 Å². The van der Waals surface area contributed by atoms with Crippen LogP contribution in [0.15, 0.2) is 24.3 Å². The Bertz CT molecular complexity index is 339. The fraction of sp³-hybridized carbons (Fsp3) is 0.300. The lowest BCUT2D eigenvalue weighted by atomic mass is 10.3. The summed E-state index contributed by atoms with van der Waals surface area (Å²) < 4.78 is 10.6. The second-order valence-corrected chi connectivity index (χ2v) is 3.93. The van der Waals surface area contributed by atoms with Crippen LogP contribution in [0.1, 0.15) is 0 Å². The first-order valence-electron chi connectivity index (χ1n) is 4.30. The molecule has 0 aliphatic carbocycles. The molecule has 4 nitrogen and oxygen atoms in total. The van der Waals surface area contributed by atoms with E-state index in [-0.39, 0.29) is 5.91 Å². The van der Waals surface area contributed by atoms with Crippen molar-refractivity contribution in [2.24, 2.45) is 0 Å². The van der Waals surface area contributed by atoms with Crippen LogP contribution in [0, 0.1) is 3.57 Å². The van der Waals surface area contributed by atoms with Crippen molar-refractivity contribution in [2.45, 2.75) is 6.29 Å². The topological polar surface area (TPSA) is 47.6 Å². The number of para-hydroxylation sites is 1. The highest BCUT2D eigenvalue weighted by atomic mass is 127. The zero-order chi connectivity index (χ0) is 11.3. The molecule has 5 heteroatoms. The Morgan fingerprint density at radius 1 is 1.33 bits per heavy atom. The van der Waals surface area contributed by atoms with E-state index in [2.05, 4.69) is 27.9 Å². The van der Waals surface area contributed by atoms with Crippen molar-refractivity contribution in [1.29, 1.82) is 0 Å². The van der Waals surface area contributed by atoms with Crippen LogP contribution in [0.25, 0.3) is 0 Å². The van der Waals surface area contributed by atoms with E-state index >= 15 is 0 Å². The largest absolute Gasteiger partial charge is 0.348 e. The molecule has 0 saturated heterocycles. The Hall–Kier alpha value is -0.660. The lowest BCUT2D eigenvalue weighted by molar-refractivity contribution is -0.153. The maximum absolute atomic E-state index is 11.6. The van der Waals surface area contributed by atoms with Gasteiger partial charge in [0.05, 0.1) is 5.69 Å². The number of hydrogen-bond donors (Lipinski definition) is 1. The highest BCUT2D eigenvalue weighted by Crippen LogP contribution is 2.17. The first kappa shape index (κ1) is 12.4. The van der Waals surface area contributed by atoms with Gasteiger partial charge in [0.2, 0.25) is 6.29 Å². The average molecular weight is 321 g/mol. The Morgan fingerprint density at radius 3 is 2.47 bits per heavy atom. The molecule has 1 N–H and O–H groups in total. The molecular formula is C10H12INO3. The third-order valence-electron chi connectivity index (χ3n) is 1.77. The minimum Gasteiger partial charge on any atom is -0.348 e. The lowest BCUT2D eigenvalue weighted by Gasteiger charge is -2.13. The maximum Gasteiger partial charge on any atom is 0.281 e. The molecule has 0 atom stereocenters. The van der Waals surface area contributed by atoms with Gasteiger partial charge in [0.1, 0.15) is 0 Å². The minimum atomic E-state index is -0.874. The Kier molecular flexibility index (Phi) is 5.00. The number of benzene rings is 1. The van der Waals surface area contributed by atoms with Crippen molar-refractivity contribution in [3.8, 4) is 0 Å². The fourth-order valence-corrected chi connectivity index (χ4v) is 1.59. The van der Waals surface area contributed by atoms with Gasteiger partial charge < -0.3 is 14.8 Å². The molecule has 82 valence electrons. The van der Waals surface area contributed by atoms with Gasteiger partial charge in [0.15, 0.2) is 0 Å². The van der Waals surface area contributed by atoms with Gasteiger partial charge in [-0.05, 0) is 34.7 Å². The summed E-state index contributed by atoms with van der Waals surface area (Å²) in [5.74, 6) is -0.316. The van der Waals surface area contributed by atoms with Crippen molar-refractivity contribution in [1.82, 2.24) is 0 Å². The van der Waals surface area contributed by atoms with Crippen LogP contribution in [-0.2, 0) is 14.3 Å². The van der Waals surface area contributed by atoms with E-state index in [1.807, 2.05) is 24.3 Å². The fourth-order valence-electron chi connectivity index (χ4n) is 1.06. The average Bonchev–Trinajstić information content (AvgIpc) is 2.23. The molecule has 0 unspecified atom stereocenters. The number of anilines is 1. The van der Waals surface area contributed by atoms with Crippen LogP contribution in [-0.4, -0.2) is 26.4 Å². The number of carbonyl (C=O) groups excluding carboxylic acids is 1. The van der Waals surface area contributed by atoms with Gasteiger partial charge in [-0.1, -0.05) is 12.1 Å². The standard InChI is InChI=1S/C10H12INO3/c1-14-10(15-2)9(13)12-8-6-4-3-5-7(8)11/h3-6,10H,1-2H3,(H,12,13). The predicted octanol–water partition coefficient (Wildman–Crippen LogP) is 1.85. The summed E-state index contributed by atoms with van der Waals surface area (Å²) in [5, 5.41) is 2.72. The van der Waals surface area contributed by atoms with Crippen LogP contribution in [0.3, 0.4) is 0 Å². The number of amides is 1. The quantitative estimate of drug-likeness (QED) is 0.680. The number of nitrogens with one attached hydrogen (secondary N) is 1. The number of rotatable bonds is 4. The first-order valence-corrected chi connectivity index (χ1v) is 5.38. The maximum atomic E-state index is 11.6. The van der Waals surface area contributed by atoms with E-state index in [0.717, 1.165) is 9.26 Å². The molecular weight excluding hydrogens is 309 g/mol. The SMILES string of the molecule is COC(OC)C(=O)Nc1ccccc1I. The number of hydrogen-bond acceptors (Lipinski definition) is 3. The van der Waals surface area contributed by atoms with Crippen molar-refractivity contribution in [2.75, 3.05) is 19.5 Å². The van der Waals surface area contributed by atoms with Crippen LogP contribution in [0.5, 0.6) is 0 Å². The smallest absolute Gasteiger partial charge is 0.281 e. The summed E-state index contributed by atoms with van der Waals surface area (Å²) in [6.45, 7) is 0. The predicted molar refractivity (Wildman–Crippen MR) is 65.6 cm³/mol. The van der Waals surface area contributed by atoms with Gasteiger partial charge in [-0.25, -0.2) is 0 Å². The molecule has 0 heterocycles. The molecule has 1 amide bonds. The second-order valence-electron chi connectivity index (χ2n) is 2.77. The molecule has 0 radical (unpaired) electrons. The third kappa shape index (κ3) is 3.44. The number of carbonyl (C=O) groups is 1. The van der Waals surface area contributed by atoms with Crippen molar-refractivity contribution >= 4 is 34.2 Å². The monoisotopic (exact) mass is 321 g/mol. The van der Waals surface area contributed by atoms with Gasteiger partial charge in [-0.3, -0.25) is 4.79 Å². The third-order valence-corrected chi connectivity index (χ3v) is 2.71. The normalized spacial score (nSPS) is 10.4. The second kappa shape index (κ2) is 6.04. The summed E-state index contributed by atoms with van der Waals surface area (Å²) in [6, 6.07) is 7.49. The minimum absolute atomic E-state index is 0.316. The van der Waals surface area contributed by atoms with Gasteiger partial charge in [-0.2, -0.15) is 0 Å². The molecule has 15 heavy (non-hydrogen) atoms. The van der Waals surface area contributed by atoms with Gasteiger partial charge in [0.25, 0.3) is 5.91 Å². The Labute approximate surface area is 102 Å². The molecule has 1 aromatic rings. The van der Waals surface area contributed by atoms with Crippen molar-refractivity contribution < 1.29 is 14.3 Å². The summed E-state index contributed by atoms with van der Waals surface area (Å²) in [4.78, 5) is 11.6. The zero-order valence-electron chi connectivity index (χ0n) is 8.49. The molecule has 1 aromatic carbocycles. The summed E-state index contributed by atoms with van der Waals surface area (Å²) in [6.07, 6.45) is -0.874. The van der Waals surface area contributed by atoms with Crippen molar-refractivity contribution in [3.05, 3.63) is 27.8 Å². The Balaban J connectivity index is 2.70. The van der Waals surface area contributed by atoms with Gasteiger partial charge in [0, 0.05) is 17.8 Å². The summed E-state index contributed by atoms with van der Waals surface area (Å²) in [7, 11) is 2.84. The highest BCUT2D eigenvalue weighted by molar-refractivity contribution is 14.1. The van der Waals surface area contributed by atoms with Gasteiger partial charge in [-0.15, -0.1) is 0 Å². The van der Waals surface area contributed by atoms with E-state index in [9.17, 15) is 4.79 Å². The van der Waals surface area contributed by atoms with Gasteiger partial charge >= 0.3 is 0 Å². The van der Waals surface area contributed by atoms with Crippen LogP contribution < -0.4 is 5.32 Å².